The van der Waals surface area contributed by atoms with Gasteiger partial charge >= 0.3 is 5.97 Å². The molecule has 1 heterocycles. The van der Waals surface area contributed by atoms with E-state index in [1.54, 1.807) is 18.2 Å². The van der Waals surface area contributed by atoms with Crippen molar-refractivity contribution in [1.29, 1.82) is 0 Å². The number of rotatable bonds is 7. The van der Waals surface area contributed by atoms with Crippen molar-refractivity contribution in [3.05, 3.63) is 67.7 Å². The van der Waals surface area contributed by atoms with E-state index in [1.165, 1.54) is 23.1 Å². The Labute approximate surface area is 186 Å². The molecular formula is C19H14Cl3N3O5. The van der Waals surface area contributed by atoms with Gasteiger partial charge in [0.05, 0.1) is 17.2 Å². The first-order chi connectivity index (χ1) is 14.3. The smallest absolute Gasteiger partial charge is 0.317 e. The summed E-state index contributed by atoms with van der Waals surface area (Å²) in [6, 6.07) is 8.77. The molecular weight excluding hydrogens is 457 g/mol. The highest BCUT2D eigenvalue weighted by Gasteiger charge is 2.36. The van der Waals surface area contributed by atoms with Crippen LogP contribution in [0.5, 0.6) is 0 Å². The summed E-state index contributed by atoms with van der Waals surface area (Å²) in [5.41, 5.74) is 0.739. The van der Waals surface area contributed by atoms with Crippen molar-refractivity contribution >= 4 is 63.8 Å². The number of carbonyl (C=O) groups is 2. The topological polar surface area (TPSA) is 102 Å². The minimum Gasteiger partial charge on any atom is -0.317 e. The van der Waals surface area contributed by atoms with Gasteiger partial charge in [-0.3, -0.25) is 14.9 Å². The molecule has 1 aliphatic heterocycles. The Kier molecular flexibility index (Phi) is 6.91. The number of nitro benzene ring substituents is 1. The van der Waals surface area contributed by atoms with E-state index in [0.29, 0.717) is 27.7 Å². The molecule has 0 fully saturated rings. The molecule has 156 valence electrons. The monoisotopic (exact) mass is 469 g/mol. The maximum Gasteiger partial charge on any atom is 0.335 e. The molecule has 2 aromatic carbocycles. The van der Waals surface area contributed by atoms with Gasteiger partial charge in [-0.1, -0.05) is 34.4 Å². The van der Waals surface area contributed by atoms with E-state index < -0.39 is 16.8 Å². The molecule has 0 atom stereocenters. The number of hydrogen-bond donors (Lipinski definition) is 0. The number of anilines is 1. The van der Waals surface area contributed by atoms with Crippen LogP contribution in [0.15, 0.2) is 41.6 Å². The van der Waals surface area contributed by atoms with Crippen molar-refractivity contribution in [3.63, 3.8) is 0 Å². The highest BCUT2D eigenvalue weighted by atomic mass is 35.5. The van der Waals surface area contributed by atoms with Gasteiger partial charge in [0.1, 0.15) is 0 Å². The van der Waals surface area contributed by atoms with E-state index in [1.807, 2.05) is 0 Å². The highest BCUT2D eigenvalue weighted by Crippen LogP contribution is 2.35. The SMILES string of the molecule is O=C(CCCCl)O/N=C1\C(=O)N(Cc2ccc(Cl)cc2Cl)c2ccc([N+](=O)[O-])cc21. The van der Waals surface area contributed by atoms with Crippen LogP contribution in [0.3, 0.4) is 0 Å². The molecule has 0 aliphatic carbocycles. The van der Waals surface area contributed by atoms with Gasteiger partial charge in [-0.15, -0.1) is 11.6 Å². The van der Waals surface area contributed by atoms with Crippen LogP contribution in [0.1, 0.15) is 24.0 Å². The molecule has 1 aliphatic rings. The summed E-state index contributed by atoms with van der Waals surface area (Å²) in [5.74, 6) is -0.973. The maximum absolute atomic E-state index is 13.0. The van der Waals surface area contributed by atoms with E-state index in [-0.39, 0.29) is 35.8 Å². The quantitative estimate of drug-likeness (QED) is 0.252. The molecule has 0 saturated carbocycles. The van der Waals surface area contributed by atoms with Crippen molar-refractivity contribution < 1.29 is 19.3 Å². The zero-order valence-corrected chi connectivity index (χ0v) is 17.6. The molecule has 0 bridgehead atoms. The van der Waals surface area contributed by atoms with Crippen LogP contribution in [-0.4, -0.2) is 28.4 Å². The third-order valence-corrected chi connectivity index (χ3v) is 5.14. The number of oxime groups is 1. The molecule has 0 spiro atoms. The van der Waals surface area contributed by atoms with Crippen molar-refractivity contribution in [2.45, 2.75) is 19.4 Å². The average Bonchev–Trinajstić information content (AvgIpc) is 2.97. The lowest BCUT2D eigenvalue weighted by Crippen LogP contribution is -2.30. The second-order valence-electron chi connectivity index (χ2n) is 6.28. The fourth-order valence-electron chi connectivity index (χ4n) is 2.83. The van der Waals surface area contributed by atoms with Crippen LogP contribution in [0.2, 0.25) is 10.0 Å². The van der Waals surface area contributed by atoms with Crippen LogP contribution in [0, 0.1) is 10.1 Å². The number of halogens is 3. The van der Waals surface area contributed by atoms with E-state index in [4.69, 9.17) is 39.6 Å². The lowest BCUT2D eigenvalue weighted by atomic mass is 10.1. The van der Waals surface area contributed by atoms with Crippen LogP contribution < -0.4 is 4.90 Å². The fourth-order valence-corrected chi connectivity index (χ4v) is 3.44. The van der Waals surface area contributed by atoms with Crippen molar-refractivity contribution in [2.24, 2.45) is 5.16 Å². The molecule has 0 saturated heterocycles. The van der Waals surface area contributed by atoms with Gasteiger partial charge in [0.25, 0.3) is 11.6 Å². The number of hydrogen-bond acceptors (Lipinski definition) is 6. The zero-order valence-electron chi connectivity index (χ0n) is 15.3. The summed E-state index contributed by atoms with van der Waals surface area (Å²) in [4.78, 5) is 41.5. The Balaban J connectivity index is 1.97. The Bertz CT molecular complexity index is 1060. The third kappa shape index (κ3) is 4.72. The maximum atomic E-state index is 13.0. The summed E-state index contributed by atoms with van der Waals surface area (Å²) >= 11 is 17.7. The number of carbonyl (C=O) groups excluding carboxylic acids is 2. The molecule has 0 N–H and O–H groups in total. The van der Waals surface area contributed by atoms with E-state index in [0.717, 1.165) is 0 Å². The molecule has 8 nitrogen and oxygen atoms in total. The third-order valence-electron chi connectivity index (χ3n) is 4.28. The second-order valence-corrected chi connectivity index (χ2v) is 7.50. The van der Waals surface area contributed by atoms with Crippen molar-refractivity contribution in [3.8, 4) is 0 Å². The molecule has 0 aromatic heterocycles. The predicted octanol–water partition coefficient (Wildman–Crippen LogP) is 4.71. The molecule has 2 aromatic rings. The predicted molar refractivity (Wildman–Crippen MR) is 113 cm³/mol. The summed E-state index contributed by atoms with van der Waals surface area (Å²) in [7, 11) is 0. The molecule has 3 rings (SSSR count). The molecule has 0 unspecified atom stereocenters. The lowest BCUT2D eigenvalue weighted by molar-refractivity contribution is -0.384. The Hall–Kier alpha value is -2.68. The zero-order chi connectivity index (χ0) is 21.8. The first-order valence-corrected chi connectivity index (χ1v) is 9.99. The Morgan fingerprint density at radius 3 is 2.63 bits per heavy atom. The summed E-state index contributed by atoms with van der Waals surface area (Å²) in [6.45, 7) is 0.0683. The van der Waals surface area contributed by atoms with Crippen molar-refractivity contribution in [1.82, 2.24) is 0 Å². The number of alkyl halides is 1. The average molecular weight is 471 g/mol. The minimum absolute atomic E-state index is 0.0281. The van der Waals surface area contributed by atoms with E-state index in [2.05, 4.69) is 5.16 Å². The molecule has 1 amide bonds. The van der Waals surface area contributed by atoms with Crippen molar-refractivity contribution in [2.75, 3.05) is 10.8 Å². The highest BCUT2D eigenvalue weighted by molar-refractivity contribution is 6.54. The van der Waals surface area contributed by atoms with Crippen LogP contribution >= 0.6 is 34.8 Å². The first-order valence-electron chi connectivity index (χ1n) is 8.70. The van der Waals surface area contributed by atoms with Gasteiger partial charge in [0.2, 0.25) is 0 Å². The van der Waals surface area contributed by atoms with E-state index in [9.17, 15) is 19.7 Å². The second kappa shape index (κ2) is 9.42. The molecule has 11 heteroatoms. The number of nitrogens with zero attached hydrogens (tertiary/aromatic N) is 3. The number of fused-ring (bicyclic) bond motifs is 1. The van der Waals surface area contributed by atoms with Gasteiger partial charge < -0.3 is 9.74 Å². The first kappa shape index (κ1) is 22.0. The van der Waals surface area contributed by atoms with Gasteiger partial charge in [0, 0.05) is 40.0 Å². The molecule has 0 radical (unpaired) electrons. The minimum atomic E-state index is -0.665. The van der Waals surface area contributed by atoms with Crippen LogP contribution in [-0.2, 0) is 21.0 Å². The summed E-state index contributed by atoms with van der Waals surface area (Å²) in [5, 5.41) is 15.6. The van der Waals surface area contributed by atoms with Gasteiger partial charge in [-0.05, 0) is 30.2 Å². The van der Waals surface area contributed by atoms with Crippen LogP contribution in [0.4, 0.5) is 11.4 Å². The fraction of sp³-hybridized carbons (Fsp3) is 0.211. The molecule has 30 heavy (non-hydrogen) atoms. The number of non-ortho nitro benzene ring substituents is 1. The standard InChI is InChI=1S/C19H14Cl3N3O5/c20-7-1-2-17(26)30-23-18-14-9-13(25(28)29)5-6-16(14)24(19(18)27)10-11-3-4-12(21)8-15(11)22/h3-6,8-9H,1-2,7,10H2/b23-18-. The summed E-state index contributed by atoms with van der Waals surface area (Å²) in [6.07, 6.45) is 0.419. The number of benzene rings is 2. The van der Waals surface area contributed by atoms with E-state index >= 15 is 0 Å². The van der Waals surface area contributed by atoms with Gasteiger partial charge in [0.15, 0.2) is 5.71 Å². The summed E-state index contributed by atoms with van der Waals surface area (Å²) < 4.78 is 0. The Morgan fingerprint density at radius 1 is 1.20 bits per heavy atom. The number of nitro groups is 1. The largest absolute Gasteiger partial charge is 0.335 e. The van der Waals surface area contributed by atoms with Gasteiger partial charge in [-0.2, -0.15) is 0 Å². The Morgan fingerprint density at radius 2 is 1.97 bits per heavy atom. The van der Waals surface area contributed by atoms with Gasteiger partial charge in [-0.25, -0.2) is 4.79 Å². The number of amides is 1. The lowest BCUT2D eigenvalue weighted by Gasteiger charge is -2.17. The normalized spacial score (nSPS) is 14.2. The van der Waals surface area contributed by atoms with Crippen LogP contribution in [0.25, 0.3) is 0 Å².